The van der Waals surface area contributed by atoms with Crippen molar-refractivity contribution in [1.82, 2.24) is 0 Å². The molecule has 0 saturated carbocycles. The zero-order valence-electron chi connectivity index (χ0n) is 9.60. The SMILES string of the molecule is COC(=O)C[C@@H](C)CC(=O)c1ccccc1. The van der Waals surface area contributed by atoms with Crippen LogP contribution in [0.15, 0.2) is 30.3 Å². The monoisotopic (exact) mass is 220 g/mol. The van der Waals surface area contributed by atoms with Crippen LogP contribution in [0.1, 0.15) is 30.1 Å². The van der Waals surface area contributed by atoms with E-state index in [9.17, 15) is 9.59 Å². The van der Waals surface area contributed by atoms with Crippen molar-refractivity contribution in [3.05, 3.63) is 35.9 Å². The second kappa shape index (κ2) is 6.05. The van der Waals surface area contributed by atoms with E-state index in [0.717, 1.165) is 0 Å². The summed E-state index contributed by atoms with van der Waals surface area (Å²) in [6, 6.07) is 9.10. The van der Waals surface area contributed by atoms with E-state index in [1.807, 2.05) is 25.1 Å². The van der Waals surface area contributed by atoms with E-state index in [4.69, 9.17) is 0 Å². The molecule has 0 radical (unpaired) electrons. The van der Waals surface area contributed by atoms with Gasteiger partial charge in [-0.15, -0.1) is 0 Å². The van der Waals surface area contributed by atoms with Gasteiger partial charge in [0.05, 0.1) is 7.11 Å². The van der Waals surface area contributed by atoms with Gasteiger partial charge in [0.15, 0.2) is 5.78 Å². The number of esters is 1. The number of carbonyl (C=O) groups excluding carboxylic acids is 2. The Morgan fingerprint density at radius 3 is 2.38 bits per heavy atom. The molecule has 0 N–H and O–H groups in total. The van der Waals surface area contributed by atoms with Crippen molar-refractivity contribution in [2.75, 3.05) is 7.11 Å². The third-order valence-electron chi connectivity index (χ3n) is 2.37. The Balaban J connectivity index is 2.49. The highest BCUT2D eigenvalue weighted by Crippen LogP contribution is 2.13. The summed E-state index contributed by atoms with van der Waals surface area (Å²) in [6.45, 7) is 1.87. The number of benzene rings is 1. The first-order valence-corrected chi connectivity index (χ1v) is 5.28. The Morgan fingerprint density at radius 1 is 1.19 bits per heavy atom. The first kappa shape index (κ1) is 12.4. The van der Waals surface area contributed by atoms with Gasteiger partial charge in [-0.05, 0) is 5.92 Å². The van der Waals surface area contributed by atoms with E-state index in [0.29, 0.717) is 12.0 Å². The number of carbonyl (C=O) groups is 2. The van der Waals surface area contributed by atoms with Gasteiger partial charge in [0.2, 0.25) is 0 Å². The van der Waals surface area contributed by atoms with Gasteiger partial charge < -0.3 is 4.74 Å². The van der Waals surface area contributed by atoms with Crippen molar-refractivity contribution in [1.29, 1.82) is 0 Å². The summed E-state index contributed by atoms with van der Waals surface area (Å²) >= 11 is 0. The summed E-state index contributed by atoms with van der Waals surface area (Å²) < 4.78 is 4.56. The standard InChI is InChI=1S/C13H16O3/c1-10(9-13(15)16-2)8-12(14)11-6-4-3-5-7-11/h3-7,10H,8-9H2,1-2H3/t10-/m0/s1. The largest absolute Gasteiger partial charge is 0.469 e. The average molecular weight is 220 g/mol. The van der Waals surface area contributed by atoms with Crippen LogP contribution < -0.4 is 0 Å². The fourth-order valence-corrected chi connectivity index (χ4v) is 1.50. The molecule has 0 heterocycles. The van der Waals surface area contributed by atoms with Crippen LogP contribution in [0.3, 0.4) is 0 Å². The zero-order valence-corrected chi connectivity index (χ0v) is 9.60. The molecule has 1 aromatic rings. The van der Waals surface area contributed by atoms with Crippen molar-refractivity contribution < 1.29 is 14.3 Å². The van der Waals surface area contributed by atoms with Crippen molar-refractivity contribution in [3.8, 4) is 0 Å². The molecule has 0 spiro atoms. The van der Waals surface area contributed by atoms with Gasteiger partial charge in [-0.2, -0.15) is 0 Å². The quantitative estimate of drug-likeness (QED) is 0.565. The first-order chi connectivity index (χ1) is 7.63. The maximum Gasteiger partial charge on any atom is 0.305 e. The maximum absolute atomic E-state index is 11.8. The number of ether oxygens (including phenoxy) is 1. The van der Waals surface area contributed by atoms with Crippen LogP contribution in [0, 0.1) is 5.92 Å². The molecule has 1 atom stereocenters. The van der Waals surface area contributed by atoms with Crippen LogP contribution in [0.4, 0.5) is 0 Å². The van der Waals surface area contributed by atoms with Crippen LogP contribution in [0.5, 0.6) is 0 Å². The highest BCUT2D eigenvalue weighted by Gasteiger charge is 2.14. The molecular weight excluding hydrogens is 204 g/mol. The van der Waals surface area contributed by atoms with E-state index >= 15 is 0 Å². The molecular formula is C13H16O3. The van der Waals surface area contributed by atoms with Gasteiger partial charge in [0.1, 0.15) is 0 Å². The van der Waals surface area contributed by atoms with E-state index in [1.54, 1.807) is 12.1 Å². The number of hydrogen-bond acceptors (Lipinski definition) is 3. The van der Waals surface area contributed by atoms with Gasteiger partial charge in [-0.1, -0.05) is 37.3 Å². The van der Waals surface area contributed by atoms with Crippen molar-refractivity contribution in [3.63, 3.8) is 0 Å². The van der Waals surface area contributed by atoms with E-state index in [2.05, 4.69) is 4.74 Å². The smallest absolute Gasteiger partial charge is 0.305 e. The Kier molecular flexibility index (Phi) is 4.70. The minimum atomic E-state index is -0.270. The summed E-state index contributed by atoms with van der Waals surface area (Å²) in [6.07, 6.45) is 0.661. The van der Waals surface area contributed by atoms with Crippen LogP contribution in [0.25, 0.3) is 0 Å². The summed E-state index contributed by atoms with van der Waals surface area (Å²) in [5, 5.41) is 0. The normalized spacial score (nSPS) is 11.9. The molecule has 0 aliphatic carbocycles. The number of rotatable bonds is 5. The third kappa shape index (κ3) is 3.85. The van der Waals surface area contributed by atoms with E-state index in [-0.39, 0.29) is 24.1 Å². The van der Waals surface area contributed by atoms with E-state index in [1.165, 1.54) is 7.11 Å². The highest BCUT2D eigenvalue weighted by atomic mass is 16.5. The zero-order chi connectivity index (χ0) is 12.0. The molecule has 0 fully saturated rings. The molecule has 0 unspecified atom stereocenters. The molecule has 0 bridgehead atoms. The van der Waals surface area contributed by atoms with Crippen LogP contribution >= 0.6 is 0 Å². The Labute approximate surface area is 95.4 Å². The molecule has 0 amide bonds. The molecule has 0 aromatic heterocycles. The predicted molar refractivity (Wildman–Crippen MR) is 61.2 cm³/mol. The lowest BCUT2D eigenvalue weighted by Crippen LogP contribution is -2.11. The fraction of sp³-hybridized carbons (Fsp3) is 0.385. The lowest BCUT2D eigenvalue weighted by atomic mass is 9.97. The summed E-state index contributed by atoms with van der Waals surface area (Å²) in [7, 11) is 1.36. The topological polar surface area (TPSA) is 43.4 Å². The van der Waals surface area contributed by atoms with E-state index < -0.39 is 0 Å². The van der Waals surface area contributed by atoms with Crippen LogP contribution in [-0.2, 0) is 9.53 Å². The molecule has 3 heteroatoms. The lowest BCUT2D eigenvalue weighted by Gasteiger charge is -2.08. The van der Waals surface area contributed by atoms with Gasteiger partial charge in [-0.25, -0.2) is 0 Å². The van der Waals surface area contributed by atoms with Gasteiger partial charge in [0, 0.05) is 18.4 Å². The van der Waals surface area contributed by atoms with Crippen molar-refractivity contribution in [2.45, 2.75) is 19.8 Å². The highest BCUT2D eigenvalue weighted by molar-refractivity contribution is 5.96. The number of Topliss-reactive ketones (excluding diaryl/α,β-unsaturated/α-hetero) is 1. The number of ketones is 1. The summed E-state index contributed by atoms with van der Waals surface area (Å²) in [5.41, 5.74) is 0.694. The lowest BCUT2D eigenvalue weighted by molar-refractivity contribution is -0.141. The minimum Gasteiger partial charge on any atom is -0.469 e. The van der Waals surface area contributed by atoms with Crippen LogP contribution in [0.2, 0.25) is 0 Å². The Bertz CT molecular complexity index is 357. The van der Waals surface area contributed by atoms with Crippen molar-refractivity contribution >= 4 is 11.8 Å². The first-order valence-electron chi connectivity index (χ1n) is 5.28. The number of methoxy groups -OCH3 is 1. The maximum atomic E-state index is 11.8. The third-order valence-corrected chi connectivity index (χ3v) is 2.37. The van der Waals surface area contributed by atoms with Gasteiger partial charge in [-0.3, -0.25) is 9.59 Å². The molecule has 0 aliphatic rings. The molecule has 16 heavy (non-hydrogen) atoms. The van der Waals surface area contributed by atoms with Gasteiger partial charge in [0.25, 0.3) is 0 Å². The summed E-state index contributed by atoms with van der Waals surface area (Å²) in [4.78, 5) is 22.8. The van der Waals surface area contributed by atoms with Crippen molar-refractivity contribution in [2.24, 2.45) is 5.92 Å². The average Bonchev–Trinajstić information content (AvgIpc) is 2.29. The predicted octanol–water partition coefficient (Wildman–Crippen LogP) is 2.46. The molecule has 1 rings (SSSR count). The van der Waals surface area contributed by atoms with Crippen LogP contribution in [-0.4, -0.2) is 18.9 Å². The second-order valence-corrected chi connectivity index (χ2v) is 3.88. The number of hydrogen-bond donors (Lipinski definition) is 0. The van der Waals surface area contributed by atoms with Gasteiger partial charge >= 0.3 is 5.97 Å². The molecule has 1 aromatic carbocycles. The molecule has 86 valence electrons. The Morgan fingerprint density at radius 2 is 1.81 bits per heavy atom. The molecule has 0 saturated heterocycles. The molecule has 0 aliphatic heterocycles. The minimum absolute atomic E-state index is 0.0140. The second-order valence-electron chi connectivity index (χ2n) is 3.88. The Hall–Kier alpha value is -1.64. The summed E-state index contributed by atoms with van der Waals surface area (Å²) in [5.74, 6) is -0.189. The fourth-order valence-electron chi connectivity index (χ4n) is 1.50. The molecule has 3 nitrogen and oxygen atoms in total.